The van der Waals surface area contributed by atoms with Crippen LogP contribution in [0.15, 0.2) is 53.4 Å². The zero-order valence-corrected chi connectivity index (χ0v) is 14.9. The number of hydrogen-bond donors (Lipinski definition) is 2. The summed E-state index contributed by atoms with van der Waals surface area (Å²) in [4.78, 5) is 0.0729. The van der Waals surface area contributed by atoms with Gasteiger partial charge in [0.15, 0.2) is 0 Å². The monoisotopic (exact) mass is 349 g/mol. The highest BCUT2D eigenvalue weighted by Crippen LogP contribution is 2.25. The van der Waals surface area contributed by atoms with E-state index in [0.29, 0.717) is 6.42 Å². The minimum atomic E-state index is -3.80. The molecular weight excluding hydrogens is 326 g/mol. The third kappa shape index (κ3) is 4.56. The number of aryl methyl sites for hydroxylation is 1. The van der Waals surface area contributed by atoms with Crippen LogP contribution in [0.5, 0.6) is 5.75 Å². The fourth-order valence-corrected chi connectivity index (χ4v) is 3.94. The number of sulfonamides is 1. The topological polar surface area (TPSA) is 75.6 Å². The molecule has 2 aromatic carbocycles. The lowest BCUT2D eigenvalue weighted by Crippen LogP contribution is -2.42. The number of aliphatic hydroxyl groups excluding tert-OH is 1. The molecule has 0 spiro atoms. The van der Waals surface area contributed by atoms with Crippen LogP contribution in [0.1, 0.15) is 18.1 Å². The number of methoxy groups -OCH3 is 1. The summed E-state index contributed by atoms with van der Waals surface area (Å²) in [7, 11) is -2.37. The predicted octanol–water partition coefficient (Wildman–Crippen LogP) is 2.27. The standard InChI is InChI=1S/C18H23NO4S/c1-13-9-10-17(23-3)18(11-13)24(21,22)19-14(2)16(20)12-15-7-5-4-6-8-15/h4-11,14,16,19-20H,12H2,1-3H3/t14-,16+/m0/s1. The van der Waals surface area contributed by atoms with Gasteiger partial charge in [-0.3, -0.25) is 0 Å². The number of rotatable bonds is 7. The Balaban J connectivity index is 2.15. The average molecular weight is 349 g/mol. The van der Waals surface area contributed by atoms with E-state index < -0.39 is 22.2 Å². The zero-order valence-electron chi connectivity index (χ0n) is 14.1. The first-order valence-electron chi connectivity index (χ1n) is 7.72. The Bertz CT molecular complexity index is 775. The quantitative estimate of drug-likeness (QED) is 0.804. The van der Waals surface area contributed by atoms with Gasteiger partial charge in [-0.15, -0.1) is 0 Å². The first-order valence-corrected chi connectivity index (χ1v) is 9.21. The molecule has 0 amide bonds. The van der Waals surface area contributed by atoms with Crippen LogP contribution < -0.4 is 9.46 Å². The molecule has 0 unspecified atom stereocenters. The van der Waals surface area contributed by atoms with E-state index in [9.17, 15) is 13.5 Å². The van der Waals surface area contributed by atoms with Crippen molar-refractivity contribution in [3.63, 3.8) is 0 Å². The second kappa shape index (κ2) is 7.79. The lowest BCUT2D eigenvalue weighted by molar-refractivity contribution is 0.144. The van der Waals surface area contributed by atoms with Crippen molar-refractivity contribution in [1.29, 1.82) is 0 Å². The molecule has 0 aliphatic heterocycles. The summed E-state index contributed by atoms with van der Waals surface area (Å²) in [6.07, 6.45) is -0.465. The van der Waals surface area contributed by atoms with E-state index in [1.165, 1.54) is 7.11 Å². The minimum absolute atomic E-state index is 0.0729. The maximum absolute atomic E-state index is 12.6. The number of aliphatic hydroxyl groups is 1. The number of hydrogen-bond acceptors (Lipinski definition) is 4. The molecule has 2 atom stereocenters. The molecule has 0 fully saturated rings. The smallest absolute Gasteiger partial charge is 0.244 e. The molecule has 0 saturated carbocycles. The maximum atomic E-state index is 12.6. The molecule has 0 aliphatic rings. The van der Waals surface area contributed by atoms with Crippen LogP contribution >= 0.6 is 0 Å². The minimum Gasteiger partial charge on any atom is -0.495 e. The zero-order chi connectivity index (χ0) is 17.7. The second-order valence-electron chi connectivity index (χ2n) is 5.82. The van der Waals surface area contributed by atoms with Gasteiger partial charge in [0.2, 0.25) is 10.0 Å². The van der Waals surface area contributed by atoms with Crippen LogP contribution in [0.25, 0.3) is 0 Å². The van der Waals surface area contributed by atoms with Gasteiger partial charge in [-0.1, -0.05) is 36.4 Å². The Kier molecular flexibility index (Phi) is 5.99. The molecule has 24 heavy (non-hydrogen) atoms. The number of nitrogens with one attached hydrogen (secondary N) is 1. The van der Waals surface area contributed by atoms with E-state index in [2.05, 4.69) is 4.72 Å². The van der Waals surface area contributed by atoms with E-state index in [0.717, 1.165) is 11.1 Å². The van der Waals surface area contributed by atoms with Crippen molar-refractivity contribution in [3.05, 3.63) is 59.7 Å². The normalized spacial score (nSPS) is 14.2. The Morgan fingerprint density at radius 3 is 2.46 bits per heavy atom. The SMILES string of the molecule is COc1ccc(C)cc1S(=O)(=O)N[C@@H](C)[C@H](O)Cc1ccccc1. The highest BCUT2D eigenvalue weighted by Gasteiger charge is 2.25. The predicted molar refractivity (Wildman–Crippen MR) is 93.7 cm³/mol. The highest BCUT2D eigenvalue weighted by molar-refractivity contribution is 7.89. The van der Waals surface area contributed by atoms with Crippen molar-refractivity contribution < 1.29 is 18.3 Å². The van der Waals surface area contributed by atoms with Crippen molar-refractivity contribution in [1.82, 2.24) is 4.72 Å². The van der Waals surface area contributed by atoms with Crippen molar-refractivity contribution in [2.45, 2.75) is 37.3 Å². The number of benzene rings is 2. The van der Waals surface area contributed by atoms with Crippen LogP contribution in [0, 0.1) is 6.92 Å². The molecule has 0 aromatic heterocycles. The van der Waals surface area contributed by atoms with Gasteiger partial charge in [-0.25, -0.2) is 13.1 Å². The third-order valence-electron chi connectivity index (χ3n) is 3.81. The second-order valence-corrected chi connectivity index (χ2v) is 7.50. The van der Waals surface area contributed by atoms with Gasteiger partial charge in [-0.2, -0.15) is 0 Å². The molecule has 2 rings (SSSR count). The molecule has 5 nitrogen and oxygen atoms in total. The molecule has 0 heterocycles. The summed E-state index contributed by atoms with van der Waals surface area (Å²) >= 11 is 0. The molecule has 2 N–H and O–H groups in total. The largest absolute Gasteiger partial charge is 0.495 e. The summed E-state index contributed by atoms with van der Waals surface area (Å²) < 4.78 is 32.9. The lowest BCUT2D eigenvalue weighted by Gasteiger charge is -2.21. The van der Waals surface area contributed by atoms with Crippen molar-refractivity contribution in [3.8, 4) is 5.75 Å². The van der Waals surface area contributed by atoms with Crippen molar-refractivity contribution >= 4 is 10.0 Å². The molecule has 0 aliphatic carbocycles. The van der Waals surface area contributed by atoms with E-state index in [4.69, 9.17) is 4.74 Å². The van der Waals surface area contributed by atoms with Gasteiger partial charge >= 0.3 is 0 Å². The Morgan fingerprint density at radius 2 is 1.83 bits per heavy atom. The summed E-state index contributed by atoms with van der Waals surface area (Å²) in [6, 6.07) is 13.8. The van der Waals surface area contributed by atoms with Crippen LogP contribution in [-0.2, 0) is 16.4 Å². The van der Waals surface area contributed by atoms with Crippen LogP contribution in [0.4, 0.5) is 0 Å². The van der Waals surface area contributed by atoms with Crippen molar-refractivity contribution in [2.24, 2.45) is 0 Å². The molecular formula is C18H23NO4S. The van der Waals surface area contributed by atoms with E-state index in [-0.39, 0.29) is 10.6 Å². The van der Waals surface area contributed by atoms with Crippen LogP contribution in [-0.4, -0.2) is 32.8 Å². The summed E-state index contributed by atoms with van der Waals surface area (Å²) in [5.74, 6) is 0.276. The van der Waals surface area contributed by atoms with Gasteiger partial charge in [0, 0.05) is 6.04 Å². The first-order chi connectivity index (χ1) is 11.3. The van der Waals surface area contributed by atoms with E-state index >= 15 is 0 Å². The van der Waals surface area contributed by atoms with Gasteiger partial charge < -0.3 is 9.84 Å². The van der Waals surface area contributed by atoms with E-state index in [1.54, 1.807) is 25.1 Å². The highest BCUT2D eigenvalue weighted by atomic mass is 32.2. The molecule has 130 valence electrons. The Morgan fingerprint density at radius 1 is 1.17 bits per heavy atom. The fraction of sp³-hybridized carbons (Fsp3) is 0.333. The fourth-order valence-electron chi connectivity index (χ4n) is 2.41. The molecule has 6 heteroatoms. The third-order valence-corrected chi connectivity index (χ3v) is 5.39. The summed E-state index contributed by atoms with van der Waals surface area (Å²) in [5.41, 5.74) is 1.76. The van der Waals surface area contributed by atoms with Gasteiger partial charge in [-0.05, 0) is 43.5 Å². The summed E-state index contributed by atoms with van der Waals surface area (Å²) in [6.45, 7) is 3.46. The summed E-state index contributed by atoms with van der Waals surface area (Å²) in [5, 5.41) is 10.3. The van der Waals surface area contributed by atoms with Crippen LogP contribution in [0.2, 0.25) is 0 Å². The van der Waals surface area contributed by atoms with Gasteiger partial charge in [0.1, 0.15) is 10.6 Å². The Labute approximate surface area is 143 Å². The van der Waals surface area contributed by atoms with Crippen molar-refractivity contribution in [2.75, 3.05) is 7.11 Å². The molecule has 2 aromatic rings. The Hall–Kier alpha value is -1.89. The van der Waals surface area contributed by atoms with Crippen LogP contribution in [0.3, 0.4) is 0 Å². The van der Waals surface area contributed by atoms with E-state index in [1.807, 2.05) is 37.3 Å². The maximum Gasteiger partial charge on any atom is 0.244 e. The number of ether oxygens (including phenoxy) is 1. The molecule has 0 radical (unpaired) electrons. The first kappa shape index (κ1) is 18.4. The molecule has 0 saturated heterocycles. The lowest BCUT2D eigenvalue weighted by atomic mass is 10.0. The van der Waals surface area contributed by atoms with Gasteiger partial charge in [0.25, 0.3) is 0 Å². The molecule has 0 bridgehead atoms. The van der Waals surface area contributed by atoms with Gasteiger partial charge in [0.05, 0.1) is 13.2 Å². The average Bonchev–Trinajstić information content (AvgIpc) is 2.55.